The summed E-state index contributed by atoms with van der Waals surface area (Å²) < 4.78 is 8.34. The van der Waals surface area contributed by atoms with Gasteiger partial charge in [0.2, 0.25) is 0 Å². The number of benzene rings is 6. The maximum Gasteiger partial charge on any atom is 0.320 e. The topological polar surface area (TPSA) is 73.1 Å². The molecule has 0 saturated heterocycles. The molecule has 2 aromatic heterocycles. The first-order valence-corrected chi connectivity index (χ1v) is 14.7. The van der Waals surface area contributed by atoms with Gasteiger partial charge in [-0.05, 0) is 71.8 Å². The molecule has 6 nitrogen and oxygen atoms in total. The molecule has 0 aliphatic rings. The fourth-order valence-electron chi connectivity index (χ4n) is 6.20. The maximum atomic E-state index is 10.7. The van der Waals surface area contributed by atoms with E-state index in [-0.39, 0.29) is 17.9 Å². The smallest absolute Gasteiger partial charge is 0.320 e. The number of phenolic OH excluding ortho intramolecular Hbond substituents is 1. The molecule has 0 radical (unpaired) electrons. The van der Waals surface area contributed by atoms with Gasteiger partial charge in [0.15, 0.2) is 11.6 Å². The fourth-order valence-corrected chi connectivity index (χ4v) is 6.20. The third-order valence-corrected chi connectivity index (χ3v) is 8.02. The minimum absolute atomic E-state index is 0.0940. The van der Waals surface area contributed by atoms with E-state index in [2.05, 4.69) is 94.5 Å². The van der Waals surface area contributed by atoms with E-state index in [0.717, 1.165) is 33.1 Å². The van der Waals surface area contributed by atoms with Crippen LogP contribution in [0.5, 0.6) is 11.8 Å². The zero-order valence-corrected chi connectivity index (χ0v) is 24.3. The predicted molar refractivity (Wildman–Crippen MR) is 177 cm³/mol. The molecule has 0 unspecified atom stereocenters. The van der Waals surface area contributed by atoms with Crippen LogP contribution in [-0.2, 0) is 0 Å². The second-order valence-corrected chi connectivity index (χ2v) is 11.2. The zero-order chi connectivity index (χ0) is 29.8. The molecule has 0 amide bonds. The van der Waals surface area contributed by atoms with Crippen LogP contribution in [0.3, 0.4) is 0 Å². The predicted octanol–water partition coefficient (Wildman–Crippen LogP) is 9.10. The molecule has 212 valence electrons. The first kappa shape index (κ1) is 25.9. The van der Waals surface area contributed by atoms with Gasteiger partial charge in [0, 0.05) is 22.0 Å². The first-order chi connectivity index (χ1) is 21.6. The van der Waals surface area contributed by atoms with Gasteiger partial charge in [0.1, 0.15) is 5.75 Å². The van der Waals surface area contributed by atoms with E-state index < -0.39 is 0 Å². The fraction of sp³-hybridized carbons (Fsp3) is 0.0789. The quantitative estimate of drug-likeness (QED) is 0.223. The average Bonchev–Trinajstić information content (AvgIpc) is 3.39. The van der Waals surface area contributed by atoms with E-state index >= 15 is 0 Å². The second kappa shape index (κ2) is 10.2. The van der Waals surface area contributed by atoms with Crippen molar-refractivity contribution in [3.8, 4) is 40.2 Å². The van der Waals surface area contributed by atoms with Crippen LogP contribution in [0.2, 0.25) is 0 Å². The van der Waals surface area contributed by atoms with Crippen LogP contribution in [-0.4, -0.2) is 30.7 Å². The summed E-state index contributed by atoms with van der Waals surface area (Å²) in [6.45, 7) is 3.88. The van der Waals surface area contributed by atoms with E-state index in [1.54, 1.807) is 18.2 Å². The van der Waals surface area contributed by atoms with E-state index in [4.69, 9.17) is 14.7 Å². The summed E-state index contributed by atoms with van der Waals surface area (Å²) in [4.78, 5) is 14.4. The van der Waals surface area contributed by atoms with Crippen molar-refractivity contribution in [3.05, 3.63) is 121 Å². The largest absolute Gasteiger partial charge is 0.507 e. The molecule has 0 saturated carbocycles. The highest BCUT2D eigenvalue weighted by Gasteiger charge is 2.22. The van der Waals surface area contributed by atoms with Gasteiger partial charge in [0.25, 0.3) is 0 Å². The van der Waals surface area contributed by atoms with Crippen molar-refractivity contribution in [3.63, 3.8) is 0 Å². The molecule has 0 aliphatic carbocycles. The number of fused-ring (bicyclic) bond motifs is 7. The van der Waals surface area contributed by atoms with Crippen LogP contribution >= 0.6 is 0 Å². The van der Waals surface area contributed by atoms with Gasteiger partial charge < -0.3 is 14.4 Å². The second-order valence-electron chi connectivity index (χ2n) is 11.2. The molecule has 44 heavy (non-hydrogen) atoms. The summed E-state index contributed by atoms with van der Waals surface area (Å²) in [6, 6.07) is 41.3. The monoisotopic (exact) mass is 572 g/mol. The number of ether oxygens (including phenoxy) is 1. The van der Waals surface area contributed by atoms with Gasteiger partial charge in [-0.1, -0.05) is 84.9 Å². The highest BCUT2D eigenvalue weighted by atomic mass is 16.5. The van der Waals surface area contributed by atoms with Crippen molar-refractivity contribution in [2.24, 2.45) is 0 Å². The van der Waals surface area contributed by atoms with Crippen LogP contribution in [0, 0.1) is 0 Å². The molecule has 0 atom stereocenters. The number of phenols is 1. The molecule has 8 rings (SSSR count). The molecular formula is C38H28N4O2. The Labute approximate surface area is 253 Å². The van der Waals surface area contributed by atoms with Crippen LogP contribution in [0.25, 0.3) is 71.8 Å². The minimum Gasteiger partial charge on any atom is -0.507 e. The van der Waals surface area contributed by atoms with Crippen LogP contribution in [0.15, 0.2) is 121 Å². The summed E-state index contributed by atoms with van der Waals surface area (Å²) in [5, 5.41) is 17.6. The molecule has 0 bridgehead atoms. The molecule has 0 spiro atoms. The number of aromatic hydroxyl groups is 1. The molecular weight excluding hydrogens is 544 g/mol. The Morgan fingerprint density at radius 1 is 0.591 bits per heavy atom. The van der Waals surface area contributed by atoms with Crippen LogP contribution in [0.4, 0.5) is 0 Å². The Bertz CT molecular complexity index is 2360. The van der Waals surface area contributed by atoms with Gasteiger partial charge >= 0.3 is 6.01 Å². The maximum absolute atomic E-state index is 10.7. The molecule has 6 heteroatoms. The Morgan fingerprint density at radius 3 is 2.00 bits per heavy atom. The Balaban J connectivity index is 1.53. The SMILES string of the molecule is CC(C)Oc1nc(-c2ccccc2O)nc(-c2cc3c(c4ccccc24)c2c4ccccc4ccc2n3-c2ccccc2)n1. The number of rotatable bonds is 5. The van der Waals surface area contributed by atoms with Gasteiger partial charge in [-0.25, -0.2) is 4.98 Å². The number of aromatic nitrogens is 4. The van der Waals surface area contributed by atoms with Crippen molar-refractivity contribution < 1.29 is 9.84 Å². The van der Waals surface area contributed by atoms with Crippen LogP contribution < -0.4 is 4.74 Å². The molecule has 8 aromatic rings. The van der Waals surface area contributed by atoms with Crippen LogP contribution in [0.1, 0.15) is 13.8 Å². The first-order valence-electron chi connectivity index (χ1n) is 14.7. The van der Waals surface area contributed by atoms with E-state index in [1.807, 2.05) is 32.0 Å². The summed E-state index contributed by atoms with van der Waals surface area (Å²) in [7, 11) is 0. The number of hydrogen-bond donors (Lipinski definition) is 1. The third-order valence-electron chi connectivity index (χ3n) is 8.02. The third kappa shape index (κ3) is 4.14. The lowest BCUT2D eigenvalue weighted by Gasteiger charge is -2.14. The number of nitrogens with zero attached hydrogens (tertiary/aromatic N) is 4. The Morgan fingerprint density at radius 2 is 1.23 bits per heavy atom. The van der Waals surface area contributed by atoms with E-state index in [0.29, 0.717) is 17.2 Å². The van der Waals surface area contributed by atoms with Gasteiger partial charge in [-0.3, -0.25) is 0 Å². The lowest BCUT2D eigenvalue weighted by atomic mass is 9.96. The average molecular weight is 573 g/mol. The number of hydrogen-bond acceptors (Lipinski definition) is 5. The van der Waals surface area contributed by atoms with Gasteiger partial charge in [-0.15, -0.1) is 0 Å². The van der Waals surface area contributed by atoms with Gasteiger partial charge in [-0.2, -0.15) is 9.97 Å². The van der Waals surface area contributed by atoms with E-state index in [1.165, 1.54) is 21.5 Å². The van der Waals surface area contributed by atoms with Crippen molar-refractivity contribution >= 4 is 43.4 Å². The summed E-state index contributed by atoms with van der Waals surface area (Å²) in [6.07, 6.45) is -0.143. The van der Waals surface area contributed by atoms with Crippen molar-refractivity contribution in [2.45, 2.75) is 20.0 Å². The summed E-state index contributed by atoms with van der Waals surface area (Å²) in [5.74, 6) is 0.917. The van der Waals surface area contributed by atoms with Crippen molar-refractivity contribution in [2.75, 3.05) is 0 Å². The Kier molecular flexibility index (Phi) is 6.01. The Hall–Kier alpha value is -5.75. The van der Waals surface area contributed by atoms with Crippen molar-refractivity contribution in [1.29, 1.82) is 0 Å². The lowest BCUT2D eigenvalue weighted by molar-refractivity contribution is 0.222. The van der Waals surface area contributed by atoms with Gasteiger partial charge in [0.05, 0.1) is 22.7 Å². The zero-order valence-electron chi connectivity index (χ0n) is 24.3. The van der Waals surface area contributed by atoms with Crippen molar-refractivity contribution in [1.82, 2.24) is 19.5 Å². The molecule has 1 N–H and O–H groups in total. The number of para-hydroxylation sites is 2. The minimum atomic E-state index is -0.143. The molecule has 6 aromatic carbocycles. The lowest BCUT2D eigenvalue weighted by Crippen LogP contribution is -2.10. The highest BCUT2D eigenvalue weighted by Crippen LogP contribution is 2.43. The molecule has 2 heterocycles. The standard InChI is InChI=1S/C38H28N4O2/c1-23(2)44-38-40-36(29-18-10-11-19-33(29)43)39-37(41-38)30-22-32-35(28-17-9-8-16-27(28)30)34-26-15-7-6-12-24(26)20-21-31(34)42(32)25-13-4-3-5-14-25/h3-23,43H,1-2H3. The summed E-state index contributed by atoms with van der Waals surface area (Å²) in [5.41, 5.74) is 4.61. The molecule has 0 fully saturated rings. The summed E-state index contributed by atoms with van der Waals surface area (Å²) >= 11 is 0. The normalized spacial score (nSPS) is 11.7. The molecule has 0 aliphatic heterocycles. The highest BCUT2D eigenvalue weighted by molar-refractivity contribution is 6.30. The van der Waals surface area contributed by atoms with E-state index in [9.17, 15) is 5.11 Å².